The number of benzene rings is 3. The Bertz CT molecular complexity index is 1050. The molecule has 1 aromatic heterocycles. The van der Waals surface area contributed by atoms with E-state index in [0.29, 0.717) is 5.69 Å². The lowest BCUT2D eigenvalue weighted by molar-refractivity contribution is 0.0698. The fourth-order valence-corrected chi connectivity index (χ4v) is 3.62. The fourth-order valence-electron chi connectivity index (χ4n) is 2.84. The molecule has 0 bridgehead atoms. The second-order valence-corrected chi connectivity index (χ2v) is 6.68. The number of carbonyl (C=O) groups is 1. The smallest absolute Gasteiger partial charge is 0.337 e. The molecule has 0 unspecified atom stereocenters. The second-order valence-electron chi connectivity index (χ2n) is 5.73. The lowest BCUT2D eigenvalue weighted by Crippen LogP contribution is -2.03. The van der Waals surface area contributed by atoms with Crippen molar-refractivity contribution in [1.82, 2.24) is 0 Å². The summed E-state index contributed by atoms with van der Waals surface area (Å²) in [5, 5.41) is 16.0. The van der Waals surface area contributed by atoms with Crippen LogP contribution in [0.1, 0.15) is 10.4 Å². The molecule has 0 aliphatic carbocycles. The zero-order chi connectivity index (χ0) is 17.2. The molecule has 0 aliphatic rings. The van der Waals surface area contributed by atoms with Crippen LogP contribution in [0, 0.1) is 0 Å². The maximum Gasteiger partial charge on any atom is 0.337 e. The average molecular weight is 345 g/mol. The third-order valence-electron chi connectivity index (χ3n) is 4.09. The molecule has 1 heterocycles. The second kappa shape index (κ2) is 6.42. The van der Waals surface area contributed by atoms with E-state index in [1.807, 2.05) is 66.0 Å². The third-order valence-corrected chi connectivity index (χ3v) is 4.99. The van der Waals surface area contributed by atoms with Gasteiger partial charge in [0, 0.05) is 10.4 Å². The number of nitrogens with one attached hydrogen (secondary N) is 1. The summed E-state index contributed by atoms with van der Waals surface area (Å²) in [7, 11) is 0. The molecule has 0 atom stereocenters. The number of carboxylic acids is 1. The van der Waals surface area contributed by atoms with Gasteiger partial charge >= 0.3 is 5.97 Å². The van der Waals surface area contributed by atoms with Crippen molar-refractivity contribution in [2.45, 2.75) is 0 Å². The first-order chi connectivity index (χ1) is 12.2. The summed E-state index contributed by atoms with van der Waals surface area (Å²) in [6.45, 7) is 0. The van der Waals surface area contributed by atoms with Gasteiger partial charge in [-0.3, -0.25) is 0 Å². The van der Waals surface area contributed by atoms with Crippen LogP contribution in [0.4, 0.5) is 11.4 Å². The van der Waals surface area contributed by atoms with Crippen LogP contribution in [0.5, 0.6) is 0 Å². The molecule has 0 saturated carbocycles. The molecule has 4 aromatic rings. The Morgan fingerprint density at radius 2 is 1.72 bits per heavy atom. The Labute approximate surface area is 149 Å². The molecule has 25 heavy (non-hydrogen) atoms. The topological polar surface area (TPSA) is 49.3 Å². The standard InChI is InChI=1S/C21H15NO2S/c23-21(24)18-8-6-15(14-4-2-1-3-5-14)13-19(18)22-17-7-9-20-16(12-17)10-11-25-20/h1-13,22H,(H,23,24). The Balaban J connectivity index is 1.76. The van der Waals surface area contributed by atoms with Crippen LogP contribution in [0.2, 0.25) is 0 Å². The van der Waals surface area contributed by atoms with Crippen molar-refractivity contribution >= 4 is 38.8 Å². The van der Waals surface area contributed by atoms with E-state index in [9.17, 15) is 9.90 Å². The number of thiophene rings is 1. The van der Waals surface area contributed by atoms with Crippen molar-refractivity contribution < 1.29 is 9.90 Å². The number of hydrogen-bond acceptors (Lipinski definition) is 3. The van der Waals surface area contributed by atoms with E-state index in [1.54, 1.807) is 17.4 Å². The van der Waals surface area contributed by atoms with Crippen LogP contribution < -0.4 is 5.32 Å². The Kier molecular flexibility index (Phi) is 3.96. The van der Waals surface area contributed by atoms with Crippen molar-refractivity contribution in [2.75, 3.05) is 5.32 Å². The monoisotopic (exact) mass is 345 g/mol. The Morgan fingerprint density at radius 3 is 2.52 bits per heavy atom. The molecule has 0 radical (unpaired) electrons. The number of rotatable bonds is 4. The van der Waals surface area contributed by atoms with E-state index in [4.69, 9.17) is 0 Å². The highest BCUT2D eigenvalue weighted by Crippen LogP contribution is 2.30. The minimum absolute atomic E-state index is 0.255. The number of anilines is 2. The number of carboxylic acid groups (broad SMARTS) is 1. The van der Waals surface area contributed by atoms with Crippen molar-refractivity contribution in [2.24, 2.45) is 0 Å². The third kappa shape index (κ3) is 3.12. The molecule has 4 rings (SSSR count). The van der Waals surface area contributed by atoms with Gasteiger partial charge in [-0.05, 0) is 58.3 Å². The van der Waals surface area contributed by atoms with Gasteiger partial charge in [-0.15, -0.1) is 11.3 Å². The summed E-state index contributed by atoms with van der Waals surface area (Å²) in [6.07, 6.45) is 0. The zero-order valence-corrected chi connectivity index (χ0v) is 14.1. The van der Waals surface area contributed by atoms with Gasteiger partial charge in [0.1, 0.15) is 0 Å². The number of fused-ring (bicyclic) bond motifs is 1. The number of aromatic carboxylic acids is 1. The predicted molar refractivity (Wildman–Crippen MR) is 104 cm³/mol. The lowest BCUT2D eigenvalue weighted by Gasteiger charge is -2.12. The van der Waals surface area contributed by atoms with Gasteiger partial charge in [0.05, 0.1) is 11.3 Å². The van der Waals surface area contributed by atoms with E-state index in [0.717, 1.165) is 22.2 Å². The minimum Gasteiger partial charge on any atom is -0.478 e. The molecule has 0 spiro atoms. The van der Waals surface area contributed by atoms with Crippen LogP contribution in [0.3, 0.4) is 0 Å². The molecular formula is C21H15NO2S. The molecule has 0 aliphatic heterocycles. The van der Waals surface area contributed by atoms with Gasteiger partial charge in [0.15, 0.2) is 0 Å². The molecule has 3 nitrogen and oxygen atoms in total. The minimum atomic E-state index is -0.946. The highest BCUT2D eigenvalue weighted by atomic mass is 32.1. The summed E-state index contributed by atoms with van der Waals surface area (Å²) in [5.41, 5.74) is 3.74. The van der Waals surface area contributed by atoms with Gasteiger partial charge in [-0.2, -0.15) is 0 Å². The first-order valence-electron chi connectivity index (χ1n) is 7.88. The van der Waals surface area contributed by atoms with Crippen LogP contribution in [0.25, 0.3) is 21.2 Å². The number of hydrogen-bond donors (Lipinski definition) is 2. The summed E-state index contributed by atoms with van der Waals surface area (Å²) in [5.74, 6) is -0.946. The van der Waals surface area contributed by atoms with Crippen LogP contribution in [-0.4, -0.2) is 11.1 Å². The summed E-state index contributed by atoms with van der Waals surface area (Å²) in [6, 6.07) is 23.4. The molecule has 0 saturated heterocycles. The van der Waals surface area contributed by atoms with E-state index < -0.39 is 5.97 Å². The summed E-state index contributed by atoms with van der Waals surface area (Å²) in [4.78, 5) is 11.6. The molecule has 4 heteroatoms. The first-order valence-corrected chi connectivity index (χ1v) is 8.76. The average Bonchev–Trinajstić information content (AvgIpc) is 3.10. The van der Waals surface area contributed by atoms with E-state index in [1.165, 1.54) is 4.70 Å². The predicted octanol–water partition coefficient (Wildman–Crippen LogP) is 6.01. The maximum atomic E-state index is 11.6. The molecule has 0 fully saturated rings. The van der Waals surface area contributed by atoms with Gasteiger partial charge < -0.3 is 10.4 Å². The van der Waals surface area contributed by atoms with Crippen LogP contribution in [0.15, 0.2) is 78.2 Å². The van der Waals surface area contributed by atoms with E-state index >= 15 is 0 Å². The zero-order valence-electron chi connectivity index (χ0n) is 13.3. The molecule has 122 valence electrons. The fraction of sp³-hybridized carbons (Fsp3) is 0. The highest BCUT2D eigenvalue weighted by Gasteiger charge is 2.12. The van der Waals surface area contributed by atoms with Gasteiger partial charge in [0.25, 0.3) is 0 Å². The largest absolute Gasteiger partial charge is 0.478 e. The van der Waals surface area contributed by atoms with Gasteiger partial charge in [-0.1, -0.05) is 36.4 Å². The van der Waals surface area contributed by atoms with E-state index in [2.05, 4.69) is 11.4 Å². The van der Waals surface area contributed by atoms with Crippen LogP contribution >= 0.6 is 11.3 Å². The van der Waals surface area contributed by atoms with Gasteiger partial charge in [-0.25, -0.2) is 4.79 Å². The molecular weight excluding hydrogens is 330 g/mol. The Morgan fingerprint density at radius 1 is 0.880 bits per heavy atom. The lowest BCUT2D eigenvalue weighted by atomic mass is 10.0. The molecule has 2 N–H and O–H groups in total. The first kappa shape index (κ1) is 15.4. The van der Waals surface area contributed by atoms with E-state index in [-0.39, 0.29) is 5.56 Å². The summed E-state index contributed by atoms with van der Waals surface area (Å²) >= 11 is 1.69. The quantitative estimate of drug-likeness (QED) is 0.476. The van der Waals surface area contributed by atoms with Gasteiger partial charge in [0.2, 0.25) is 0 Å². The van der Waals surface area contributed by atoms with Crippen molar-refractivity contribution in [1.29, 1.82) is 0 Å². The van der Waals surface area contributed by atoms with Crippen LogP contribution in [-0.2, 0) is 0 Å². The van der Waals surface area contributed by atoms with Crippen molar-refractivity contribution in [3.8, 4) is 11.1 Å². The Hall–Kier alpha value is -3.11. The summed E-state index contributed by atoms with van der Waals surface area (Å²) < 4.78 is 1.21. The van der Waals surface area contributed by atoms with Crippen molar-refractivity contribution in [3.05, 3.63) is 83.7 Å². The molecule has 3 aromatic carbocycles. The van der Waals surface area contributed by atoms with Crippen molar-refractivity contribution in [3.63, 3.8) is 0 Å². The maximum absolute atomic E-state index is 11.6. The SMILES string of the molecule is O=C(O)c1ccc(-c2ccccc2)cc1Nc1ccc2sccc2c1. The normalized spacial score (nSPS) is 10.7. The highest BCUT2D eigenvalue weighted by molar-refractivity contribution is 7.17. The molecule has 0 amide bonds.